The number of aliphatic hydroxyl groups is 1. The molecule has 1 heterocycles. The van der Waals surface area contributed by atoms with E-state index in [0.717, 1.165) is 17.0 Å². The van der Waals surface area contributed by atoms with Crippen LogP contribution in [-0.2, 0) is 6.42 Å². The molecule has 1 rings (SSSR count). The van der Waals surface area contributed by atoms with E-state index in [2.05, 4.69) is 10.2 Å². The quantitative estimate of drug-likeness (QED) is 0.591. The lowest BCUT2D eigenvalue weighted by atomic mass is 10.1. The summed E-state index contributed by atoms with van der Waals surface area (Å²) in [5.41, 5.74) is 8.34. The Bertz CT molecular complexity index is 237. The maximum atomic E-state index is 9.31. The van der Waals surface area contributed by atoms with E-state index in [1.807, 2.05) is 13.8 Å². The van der Waals surface area contributed by atoms with Crippen molar-refractivity contribution in [3.8, 4) is 0 Å². The molecule has 0 saturated heterocycles. The number of nitrogens with one attached hydrogen (secondary N) is 1. The number of aromatic amines is 1. The van der Waals surface area contributed by atoms with Crippen LogP contribution in [0.1, 0.15) is 17.0 Å². The fourth-order valence-electron chi connectivity index (χ4n) is 1.19. The van der Waals surface area contributed by atoms with E-state index >= 15 is 0 Å². The molecule has 0 aliphatic carbocycles. The lowest BCUT2D eigenvalue weighted by molar-refractivity contribution is 0.183. The first kappa shape index (κ1) is 9.22. The number of aliphatic hydroxyl groups excluding tert-OH is 1. The Labute approximate surface area is 71.8 Å². The fraction of sp³-hybridized carbons (Fsp3) is 0.625. The van der Waals surface area contributed by atoms with Gasteiger partial charge in [0.2, 0.25) is 0 Å². The maximum absolute atomic E-state index is 9.31. The Hall–Kier alpha value is -0.870. The second-order valence-electron chi connectivity index (χ2n) is 3.01. The molecule has 0 aliphatic heterocycles. The van der Waals surface area contributed by atoms with Crippen molar-refractivity contribution in [2.75, 3.05) is 6.54 Å². The van der Waals surface area contributed by atoms with E-state index in [9.17, 15) is 5.11 Å². The summed E-state index contributed by atoms with van der Waals surface area (Å²) in [7, 11) is 0. The van der Waals surface area contributed by atoms with Crippen LogP contribution in [0.5, 0.6) is 0 Å². The molecule has 0 fully saturated rings. The van der Waals surface area contributed by atoms with Crippen molar-refractivity contribution in [2.24, 2.45) is 5.73 Å². The number of hydrogen-bond donors (Lipinski definition) is 3. The van der Waals surface area contributed by atoms with Crippen molar-refractivity contribution in [3.05, 3.63) is 17.0 Å². The minimum Gasteiger partial charge on any atom is -0.391 e. The monoisotopic (exact) mass is 169 g/mol. The van der Waals surface area contributed by atoms with Crippen molar-refractivity contribution < 1.29 is 5.11 Å². The highest BCUT2D eigenvalue weighted by Gasteiger charge is 2.10. The van der Waals surface area contributed by atoms with Gasteiger partial charge in [0, 0.05) is 18.7 Å². The number of nitrogens with zero attached hydrogens (tertiary/aromatic N) is 1. The molecule has 0 spiro atoms. The van der Waals surface area contributed by atoms with Crippen molar-refractivity contribution in [2.45, 2.75) is 26.4 Å². The number of aromatic nitrogens is 2. The molecule has 1 aromatic rings. The largest absolute Gasteiger partial charge is 0.391 e. The van der Waals surface area contributed by atoms with Crippen LogP contribution in [0.15, 0.2) is 0 Å². The van der Waals surface area contributed by atoms with Gasteiger partial charge in [0.15, 0.2) is 0 Å². The summed E-state index contributed by atoms with van der Waals surface area (Å²) < 4.78 is 0. The fourth-order valence-corrected chi connectivity index (χ4v) is 1.19. The second-order valence-corrected chi connectivity index (χ2v) is 3.01. The molecule has 68 valence electrons. The van der Waals surface area contributed by atoms with Crippen molar-refractivity contribution in [3.63, 3.8) is 0 Å². The molecule has 12 heavy (non-hydrogen) atoms. The summed E-state index contributed by atoms with van der Waals surface area (Å²) in [6, 6.07) is 0. The molecule has 0 saturated carbocycles. The third-order valence-electron chi connectivity index (χ3n) is 1.99. The molecule has 1 atom stereocenters. The Morgan fingerprint density at radius 2 is 2.25 bits per heavy atom. The molecule has 4 nitrogen and oxygen atoms in total. The molecule has 1 unspecified atom stereocenters. The molecule has 4 heteroatoms. The summed E-state index contributed by atoms with van der Waals surface area (Å²) in [5, 5.41) is 16.2. The molecular formula is C8H15N3O. The molecule has 4 N–H and O–H groups in total. The predicted octanol–water partition coefficient (Wildman–Crippen LogP) is -0.111. The van der Waals surface area contributed by atoms with Crippen LogP contribution in [-0.4, -0.2) is 28.0 Å². The first-order valence-electron chi connectivity index (χ1n) is 4.03. The molecule has 0 bridgehead atoms. The van der Waals surface area contributed by atoms with Crippen LogP contribution < -0.4 is 5.73 Å². The summed E-state index contributed by atoms with van der Waals surface area (Å²) >= 11 is 0. The van der Waals surface area contributed by atoms with Crippen LogP contribution in [0.2, 0.25) is 0 Å². The molecule has 1 aromatic heterocycles. The maximum Gasteiger partial charge on any atom is 0.0704 e. The molecule has 0 aliphatic rings. The van der Waals surface area contributed by atoms with E-state index in [-0.39, 0.29) is 0 Å². The zero-order chi connectivity index (χ0) is 9.14. The number of hydrogen-bond acceptors (Lipinski definition) is 3. The van der Waals surface area contributed by atoms with Crippen LogP contribution in [0.3, 0.4) is 0 Å². The number of nitrogens with two attached hydrogens (primary N) is 1. The zero-order valence-electron chi connectivity index (χ0n) is 7.46. The van der Waals surface area contributed by atoms with Gasteiger partial charge in [0.25, 0.3) is 0 Å². The minimum atomic E-state index is -0.458. The Morgan fingerprint density at radius 1 is 1.58 bits per heavy atom. The third kappa shape index (κ3) is 1.84. The van der Waals surface area contributed by atoms with Gasteiger partial charge >= 0.3 is 0 Å². The van der Waals surface area contributed by atoms with Gasteiger partial charge in [-0.1, -0.05) is 0 Å². The normalized spacial score (nSPS) is 13.3. The third-order valence-corrected chi connectivity index (χ3v) is 1.99. The first-order valence-corrected chi connectivity index (χ1v) is 4.03. The average Bonchev–Trinajstić information content (AvgIpc) is 2.35. The number of H-pyrrole nitrogens is 1. The highest BCUT2D eigenvalue weighted by atomic mass is 16.3. The SMILES string of the molecule is Cc1n[nH]c(C)c1CC(O)CN. The zero-order valence-corrected chi connectivity index (χ0v) is 7.46. The van der Waals surface area contributed by atoms with E-state index in [1.54, 1.807) is 0 Å². The van der Waals surface area contributed by atoms with Gasteiger partial charge in [0.05, 0.1) is 11.8 Å². The standard InChI is InChI=1S/C8H15N3O/c1-5-8(3-7(12)4-9)6(2)11-10-5/h7,12H,3-4,9H2,1-2H3,(H,10,11). The highest BCUT2D eigenvalue weighted by Crippen LogP contribution is 2.11. The van der Waals surface area contributed by atoms with Crippen LogP contribution >= 0.6 is 0 Å². The van der Waals surface area contributed by atoms with Gasteiger partial charge in [-0.3, -0.25) is 5.10 Å². The number of rotatable bonds is 3. The molecule has 0 amide bonds. The van der Waals surface area contributed by atoms with Crippen LogP contribution in [0, 0.1) is 13.8 Å². The van der Waals surface area contributed by atoms with Gasteiger partial charge in [-0.2, -0.15) is 5.10 Å². The summed E-state index contributed by atoms with van der Waals surface area (Å²) in [5.74, 6) is 0. The highest BCUT2D eigenvalue weighted by molar-refractivity contribution is 5.23. The van der Waals surface area contributed by atoms with Gasteiger partial charge in [-0.25, -0.2) is 0 Å². The predicted molar refractivity (Wildman–Crippen MR) is 46.8 cm³/mol. The van der Waals surface area contributed by atoms with Crippen molar-refractivity contribution in [1.29, 1.82) is 0 Å². The van der Waals surface area contributed by atoms with Crippen molar-refractivity contribution >= 4 is 0 Å². The average molecular weight is 169 g/mol. The summed E-state index contributed by atoms with van der Waals surface area (Å²) in [6.07, 6.45) is 0.130. The van der Waals surface area contributed by atoms with Gasteiger partial charge < -0.3 is 10.8 Å². The van der Waals surface area contributed by atoms with Crippen LogP contribution in [0.4, 0.5) is 0 Å². The van der Waals surface area contributed by atoms with E-state index < -0.39 is 6.10 Å². The van der Waals surface area contributed by atoms with E-state index in [1.165, 1.54) is 0 Å². The minimum absolute atomic E-state index is 0.296. The van der Waals surface area contributed by atoms with E-state index in [4.69, 9.17) is 5.73 Å². The smallest absolute Gasteiger partial charge is 0.0704 e. The molecule has 0 aromatic carbocycles. The number of aryl methyl sites for hydroxylation is 2. The second kappa shape index (κ2) is 3.69. The Balaban J connectivity index is 2.73. The summed E-state index contributed by atoms with van der Waals surface area (Å²) in [6.45, 7) is 4.16. The molecule has 0 radical (unpaired) electrons. The van der Waals surface area contributed by atoms with Gasteiger partial charge in [-0.15, -0.1) is 0 Å². The van der Waals surface area contributed by atoms with Gasteiger partial charge in [-0.05, 0) is 19.4 Å². The lowest BCUT2D eigenvalue weighted by Crippen LogP contribution is -2.22. The van der Waals surface area contributed by atoms with E-state index in [0.29, 0.717) is 13.0 Å². The Morgan fingerprint density at radius 3 is 2.67 bits per heavy atom. The first-order chi connectivity index (χ1) is 5.65. The molecular weight excluding hydrogens is 154 g/mol. The lowest BCUT2D eigenvalue weighted by Gasteiger charge is -2.06. The van der Waals surface area contributed by atoms with Crippen molar-refractivity contribution in [1.82, 2.24) is 10.2 Å². The Kier molecular flexibility index (Phi) is 2.83. The van der Waals surface area contributed by atoms with Crippen LogP contribution in [0.25, 0.3) is 0 Å². The summed E-state index contributed by atoms with van der Waals surface area (Å²) in [4.78, 5) is 0. The topological polar surface area (TPSA) is 74.9 Å². The van der Waals surface area contributed by atoms with Gasteiger partial charge in [0.1, 0.15) is 0 Å².